The Morgan fingerprint density at radius 2 is 1.50 bits per heavy atom. The van der Waals surface area contributed by atoms with Crippen LogP contribution in [0.1, 0.15) is 25.0 Å². The molecular weight excluding hydrogens is 297 g/mol. The van der Waals surface area contributed by atoms with Crippen molar-refractivity contribution in [3.63, 3.8) is 0 Å². The van der Waals surface area contributed by atoms with E-state index in [0.29, 0.717) is 6.54 Å². The first kappa shape index (κ1) is 18.5. The van der Waals surface area contributed by atoms with Crippen LogP contribution in [0.5, 0.6) is 0 Å². The minimum atomic E-state index is -2.38. The molecule has 4 nitrogen and oxygen atoms in total. The maximum Gasteiger partial charge on any atom is 0.532 e. The number of benzene rings is 2. The van der Waals surface area contributed by atoms with Gasteiger partial charge in [-0.1, -0.05) is 60.7 Å². The van der Waals surface area contributed by atoms with E-state index in [-0.39, 0.29) is 6.61 Å². The Morgan fingerprint density at radius 3 is 1.95 bits per heavy atom. The third kappa shape index (κ3) is 5.32. The van der Waals surface area contributed by atoms with Gasteiger partial charge in [-0.15, -0.1) is 0 Å². The second-order valence-corrected chi connectivity index (χ2v) is 6.31. The highest BCUT2D eigenvalue weighted by molar-refractivity contribution is 7.39. The summed E-state index contributed by atoms with van der Waals surface area (Å²) in [7, 11) is -2.38. The Bertz CT molecular complexity index is 563. The van der Waals surface area contributed by atoms with Gasteiger partial charge in [-0.25, -0.2) is 0 Å². The predicted molar refractivity (Wildman–Crippen MR) is 89.7 cm³/mol. The molecule has 118 valence electrons. The molecule has 0 fully saturated rings. The first-order valence-corrected chi connectivity index (χ1v) is 8.37. The molecule has 0 aliphatic heterocycles. The quantitative estimate of drug-likeness (QED) is 0.739. The Balaban J connectivity index is 0.000000745. The molecule has 5 heteroatoms. The van der Waals surface area contributed by atoms with E-state index < -0.39 is 13.3 Å². The minimum absolute atomic E-state index is 0.250. The highest BCUT2D eigenvalue weighted by Crippen LogP contribution is 2.41. The normalized spacial score (nSPS) is 13.5. The molecule has 0 bridgehead atoms. The van der Waals surface area contributed by atoms with Crippen molar-refractivity contribution in [2.45, 2.75) is 25.7 Å². The standard InChI is InChI=1S/C15H16NO2P.C2H6O/c1-15(19(17)18,14-10-6-3-7-11-14)16-12-13-8-4-2-5-9-13;1-2-3/h2-11,16H,12H2,1H3;3H,2H2,1H3/p+1. The van der Waals surface area contributed by atoms with Crippen LogP contribution in [0.25, 0.3) is 0 Å². The molecule has 2 aromatic carbocycles. The maximum atomic E-state index is 11.7. The van der Waals surface area contributed by atoms with E-state index in [1.807, 2.05) is 60.7 Å². The Kier molecular flexibility index (Phi) is 7.92. The lowest BCUT2D eigenvalue weighted by atomic mass is 10.1. The van der Waals surface area contributed by atoms with E-state index in [1.165, 1.54) is 0 Å². The average Bonchev–Trinajstić information content (AvgIpc) is 2.55. The molecule has 0 aliphatic carbocycles. The SMILES string of the molecule is CC(NCc1ccccc1)(c1ccccc1)[P+](=O)O.CCO. The van der Waals surface area contributed by atoms with Crippen molar-refractivity contribution >= 4 is 8.03 Å². The molecule has 0 aromatic heterocycles. The Morgan fingerprint density at radius 1 is 1.05 bits per heavy atom. The number of hydrogen-bond acceptors (Lipinski definition) is 3. The van der Waals surface area contributed by atoms with Gasteiger partial charge in [-0.2, -0.15) is 4.89 Å². The summed E-state index contributed by atoms with van der Waals surface area (Å²) in [6.07, 6.45) is 0. The molecule has 0 saturated carbocycles. The molecule has 0 amide bonds. The van der Waals surface area contributed by atoms with Crippen molar-refractivity contribution in [1.29, 1.82) is 0 Å². The van der Waals surface area contributed by atoms with Crippen LogP contribution in [0.4, 0.5) is 0 Å². The zero-order chi connectivity index (χ0) is 16.4. The molecule has 0 aliphatic rings. The van der Waals surface area contributed by atoms with Crippen molar-refractivity contribution in [1.82, 2.24) is 5.32 Å². The Labute approximate surface area is 132 Å². The second-order valence-electron chi connectivity index (χ2n) is 4.87. The van der Waals surface area contributed by atoms with Gasteiger partial charge < -0.3 is 5.11 Å². The lowest BCUT2D eigenvalue weighted by Gasteiger charge is -2.19. The smallest absolute Gasteiger partial charge is 0.397 e. The number of rotatable bonds is 5. The van der Waals surface area contributed by atoms with Gasteiger partial charge in [0.2, 0.25) is 0 Å². The fourth-order valence-corrected chi connectivity index (χ4v) is 2.50. The summed E-state index contributed by atoms with van der Waals surface area (Å²) in [6, 6.07) is 19.2. The zero-order valence-corrected chi connectivity index (χ0v) is 13.8. The summed E-state index contributed by atoms with van der Waals surface area (Å²) in [5.41, 5.74) is 1.90. The summed E-state index contributed by atoms with van der Waals surface area (Å²) in [5.74, 6) is 0. The lowest BCUT2D eigenvalue weighted by molar-refractivity contribution is 0.318. The number of hydrogen-bond donors (Lipinski definition) is 3. The van der Waals surface area contributed by atoms with E-state index in [2.05, 4.69) is 5.32 Å². The molecule has 2 unspecified atom stereocenters. The third-order valence-electron chi connectivity index (χ3n) is 3.20. The van der Waals surface area contributed by atoms with Crippen molar-refractivity contribution in [3.05, 3.63) is 71.8 Å². The van der Waals surface area contributed by atoms with Crippen molar-refractivity contribution in [2.75, 3.05) is 6.61 Å². The highest BCUT2D eigenvalue weighted by Gasteiger charge is 2.45. The largest absolute Gasteiger partial charge is 0.532 e. The third-order valence-corrected chi connectivity index (χ3v) is 4.38. The van der Waals surface area contributed by atoms with Gasteiger partial charge in [-0.05, 0) is 17.1 Å². The van der Waals surface area contributed by atoms with E-state index in [0.717, 1.165) is 11.1 Å². The number of aliphatic hydroxyl groups excluding tert-OH is 1. The van der Waals surface area contributed by atoms with Gasteiger partial charge in [0.25, 0.3) is 5.28 Å². The number of aliphatic hydroxyl groups is 1. The zero-order valence-electron chi connectivity index (χ0n) is 12.9. The molecule has 2 rings (SSSR count). The van der Waals surface area contributed by atoms with Gasteiger partial charge >= 0.3 is 8.03 Å². The molecule has 0 spiro atoms. The average molecular weight is 320 g/mol. The summed E-state index contributed by atoms with van der Waals surface area (Å²) in [6.45, 7) is 4.23. The summed E-state index contributed by atoms with van der Waals surface area (Å²) < 4.78 is 11.7. The van der Waals surface area contributed by atoms with Gasteiger partial charge in [-0.3, -0.25) is 5.32 Å². The van der Waals surface area contributed by atoms with E-state index in [9.17, 15) is 9.46 Å². The summed E-state index contributed by atoms with van der Waals surface area (Å²) in [5, 5.41) is 9.83. The molecule has 0 heterocycles. The van der Waals surface area contributed by atoms with Crippen molar-refractivity contribution in [3.8, 4) is 0 Å². The highest BCUT2D eigenvalue weighted by atomic mass is 31.1. The fourth-order valence-electron chi connectivity index (χ4n) is 1.91. The maximum absolute atomic E-state index is 11.7. The first-order valence-electron chi connectivity index (χ1n) is 7.16. The topological polar surface area (TPSA) is 69.6 Å². The van der Waals surface area contributed by atoms with Crippen LogP contribution < -0.4 is 5.32 Å². The lowest BCUT2D eigenvalue weighted by Crippen LogP contribution is -2.35. The molecule has 2 atom stereocenters. The molecule has 22 heavy (non-hydrogen) atoms. The molecule has 0 saturated heterocycles. The van der Waals surface area contributed by atoms with Gasteiger partial charge in [0, 0.05) is 25.6 Å². The van der Waals surface area contributed by atoms with Gasteiger partial charge in [0.1, 0.15) is 0 Å². The van der Waals surface area contributed by atoms with Crippen LogP contribution in [-0.4, -0.2) is 16.6 Å². The second kappa shape index (κ2) is 9.44. The molecular formula is C17H23NO3P+. The fraction of sp³-hybridized carbons (Fsp3) is 0.294. The van der Waals surface area contributed by atoms with Gasteiger partial charge in [0.05, 0.1) is 0 Å². The summed E-state index contributed by atoms with van der Waals surface area (Å²) >= 11 is 0. The van der Waals surface area contributed by atoms with E-state index in [1.54, 1.807) is 13.8 Å². The predicted octanol–water partition coefficient (Wildman–Crippen LogP) is 3.38. The van der Waals surface area contributed by atoms with E-state index >= 15 is 0 Å². The molecule has 3 N–H and O–H groups in total. The first-order chi connectivity index (χ1) is 10.5. The Hall–Kier alpha value is -1.58. The van der Waals surface area contributed by atoms with E-state index in [4.69, 9.17) is 5.11 Å². The number of nitrogens with one attached hydrogen (secondary N) is 1. The van der Waals surface area contributed by atoms with Crippen LogP contribution in [0.15, 0.2) is 60.7 Å². The van der Waals surface area contributed by atoms with Crippen molar-refractivity contribution < 1.29 is 14.6 Å². The van der Waals surface area contributed by atoms with Crippen LogP contribution >= 0.6 is 8.03 Å². The monoisotopic (exact) mass is 320 g/mol. The van der Waals surface area contributed by atoms with Crippen LogP contribution in [-0.2, 0) is 16.4 Å². The molecule has 0 radical (unpaired) electrons. The van der Waals surface area contributed by atoms with Crippen LogP contribution in [0.3, 0.4) is 0 Å². The van der Waals surface area contributed by atoms with Gasteiger partial charge in [0.15, 0.2) is 0 Å². The van der Waals surface area contributed by atoms with Crippen molar-refractivity contribution in [2.24, 2.45) is 0 Å². The van der Waals surface area contributed by atoms with Crippen LogP contribution in [0.2, 0.25) is 0 Å². The molecule has 2 aromatic rings. The minimum Gasteiger partial charge on any atom is -0.397 e. The van der Waals surface area contributed by atoms with Crippen LogP contribution in [0, 0.1) is 0 Å². The summed E-state index contributed by atoms with van der Waals surface area (Å²) in [4.78, 5) is 9.65.